The molecule has 2 rings (SSSR count). The van der Waals surface area contributed by atoms with E-state index in [1.54, 1.807) is 24.3 Å². The lowest BCUT2D eigenvalue weighted by molar-refractivity contribution is -0.123. The van der Waals surface area contributed by atoms with Gasteiger partial charge < -0.3 is 14.8 Å². The summed E-state index contributed by atoms with van der Waals surface area (Å²) in [6.07, 6.45) is -1.00. The van der Waals surface area contributed by atoms with Crippen LogP contribution in [0.4, 0.5) is 10.1 Å². The van der Waals surface area contributed by atoms with E-state index in [0.717, 1.165) is 12.1 Å². The van der Waals surface area contributed by atoms with E-state index in [9.17, 15) is 14.0 Å². The van der Waals surface area contributed by atoms with Crippen molar-refractivity contribution in [1.29, 1.82) is 0 Å². The van der Waals surface area contributed by atoms with E-state index in [0.29, 0.717) is 11.4 Å². The lowest BCUT2D eigenvalue weighted by atomic mass is 10.2. The molecule has 0 aromatic heterocycles. The van der Waals surface area contributed by atoms with Crippen LogP contribution in [0.1, 0.15) is 17.3 Å². The summed E-state index contributed by atoms with van der Waals surface area (Å²) in [5.74, 6) is -1.03. The number of carbonyl (C=O) groups excluding carboxylic acids is 2. The predicted molar refractivity (Wildman–Crippen MR) is 82.9 cm³/mol. The smallest absolute Gasteiger partial charge is 0.338 e. The quantitative estimate of drug-likeness (QED) is 0.861. The molecule has 0 saturated heterocycles. The predicted octanol–water partition coefficient (Wildman–Crippen LogP) is 3.02. The Morgan fingerprint density at radius 3 is 2.48 bits per heavy atom. The van der Waals surface area contributed by atoms with Gasteiger partial charge in [-0.25, -0.2) is 9.18 Å². The number of carbonyl (C=O) groups is 2. The third kappa shape index (κ3) is 4.54. The highest BCUT2D eigenvalue weighted by molar-refractivity contribution is 5.97. The standard InChI is InChI=1S/C17H16FNO4/c1-11(23-17(21)12-6-8-13(18)9-7-12)16(20)19-14-4-3-5-15(10-14)22-2/h3-11H,1-2H3,(H,19,20)/t11-/m0/s1. The van der Waals surface area contributed by atoms with Gasteiger partial charge in [0.1, 0.15) is 11.6 Å². The highest BCUT2D eigenvalue weighted by Crippen LogP contribution is 2.17. The number of rotatable bonds is 5. The number of ether oxygens (including phenoxy) is 2. The Morgan fingerprint density at radius 2 is 1.83 bits per heavy atom. The molecule has 0 aliphatic rings. The van der Waals surface area contributed by atoms with Crippen molar-refractivity contribution in [3.63, 3.8) is 0 Å². The first-order chi connectivity index (χ1) is 11.0. The van der Waals surface area contributed by atoms with Crippen LogP contribution in [-0.2, 0) is 9.53 Å². The Balaban J connectivity index is 1.96. The van der Waals surface area contributed by atoms with Crippen molar-refractivity contribution >= 4 is 17.6 Å². The van der Waals surface area contributed by atoms with Gasteiger partial charge >= 0.3 is 5.97 Å². The number of halogens is 1. The molecule has 2 aromatic carbocycles. The van der Waals surface area contributed by atoms with Crippen LogP contribution in [0.3, 0.4) is 0 Å². The molecule has 23 heavy (non-hydrogen) atoms. The molecule has 0 aliphatic heterocycles. The fourth-order valence-electron chi connectivity index (χ4n) is 1.81. The van der Waals surface area contributed by atoms with E-state index < -0.39 is 23.8 Å². The molecule has 6 heteroatoms. The number of anilines is 1. The highest BCUT2D eigenvalue weighted by atomic mass is 19.1. The van der Waals surface area contributed by atoms with E-state index in [4.69, 9.17) is 9.47 Å². The maximum Gasteiger partial charge on any atom is 0.338 e. The molecule has 1 amide bonds. The van der Waals surface area contributed by atoms with E-state index in [1.165, 1.54) is 26.2 Å². The average Bonchev–Trinajstić information content (AvgIpc) is 2.55. The van der Waals surface area contributed by atoms with Gasteiger partial charge in [-0.1, -0.05) is 6.07 Å². The average molecular weight is 317 g/mol. The summed E-state index contributed by atoms with van der Waals surface area (Å²) in [6.45, 7) is 1.46. The van der Waals surface area contributed by atoms with Gasteiger partial charge in [0, 0.05) is 11.8 Å². The Labute approximate surface area is 133 Å². The van der Waals surface area contributed by atoms with Crippen LogP contribution in [-0.4, -0.2) is 25.1 Å². The van der Waals surface area contributed by atoms with Gasteiger partial charge in [-0.3, -0.25) is 4.79 Å². The number of hydrogen-bond donors (Lipinski definition) is 1. The highest BCUT2D eigenvalue weighted by Gasteiger charge is 2.19. The van der Waals surface area contributed by atoms with E-state index in [2.05, 4.69) is 5.32 Å². The van der Waals surface area contributed by atoms with Crippen molar-refractivity contribution in [2.45, 2.75) is 13.0 Å². The number of hydrogen-bond acceptors (Lipinski definition) is 4. The van der Waals surface area contributed by atoms with Gasteiger partial charge in [0.25, 0.3) is 5.91 Å². The number of methoxy groups -OCH3 is 1. The first kappa shape index (κ1) is 16.5. The van der Waals surface area contributed by atoms with Crippen LogP contribution in [0, 0.1) is 5.82 Å². The molecule has 1 N–H and O–H groups in total. The van der Waals surface area contributed by atoms with Crippen LogP contribution in [0.25, 0.3) is 0 Å². The summed E-state index contributed by atoms with van der Waals surface area (Å²) in [5.41, 5.74) is 0.700. The first-order valence-electron chi connectivity index (χ1n) is 6.91. The molecule has 2 aromatic rings. The fraction of sp³-hybridized carbons (Fsp3) is 0.176. The second-order valence-electron chi connectivity index (χ2n) is 4.78. The fourth-order valence-corrected chi connectivity index (χ4v) is 1.81. The van der Waals surface area contributed by atoms with E-state index in [-0.39, 0.29) is 5.56 Å². The minimum Gasteiger partial charge on any atom is -0.497 e. The monoisotopic (exact) mass is 317 g/mol. The lowest BCUT2D eigenvalue weighted by Crippen LogP contribution is -2.30. The van der Waals surface area contributed by atoms with Gasteiger partial charge in [0.15, 0.2) is 6.10 Å². The van der Waals surface area contributed by atoms with E-state index in [1.807, 2.05) is 0 Å². The van der Waals surface area contributed by atoms with Crippen molar-refractivity contribution < 1.29 is 23.5 Å². The molecule has 120 valence electrons. The number of esters is 1. The van der Waals surface area contributed by atoms with Crippen molar-refractivity contribution in [1.82, 2.24) is 0 Å². The molecule has 0 spiro atoms. The summed E-state index contributed by atoms with van der Waals surface area (Å²) in [5, 5.41) is 2.63. The van der Waals surface area contributed by atoms with Gasteiger partial charge in [0.05, 0.1) is 12.7 Å². The Hall–Kier alpha value is -2.89. The Bertz CT molecular complexity index is 700. The molecule has 5 nitrogen and oxygen atoms in total. The van der Waals surface area contributed by atoms with Gasteiger partial charge in [-0.15, -0.1) is 0 Å². The Morgan fingerprint density at radius 1 is 1.13 bits per heavy atom. The summed E-state index contributed by atoms with van der Waals surface area (Å²) in [6, 6.07) is 11.7. The van der Waals surface area contributed by atoms with Crippen LogP contribution in [0.15, 0.2) is 48.5 Å². The molecule has 0 aliphatic carbocycles. The summed E-state index contributed by atoms with van der Waals surface area (Å²) in [7, 11) is 1.52. The van der Waals surface area contributed by atoms with Crippen molar-refractivity contribution in [2.24, 2.45) is 0 Å². The molecule has 0 fully saturated rings. The van der Waals surface area contributed by atoms with Crippen LogP contribution >= 0.6 is 0 Å². The molecule has 0 unspecified atom stereocenters. The van der Waals surface area contributed by atoms with Gasteiger partial charge in [-0.05, 0) is 43.3 Å². The summed E-state index contributed by atoms with van der Waals surface area (Å²) >= 11 is 0. The van der Waals surface area contributed by atoms with Crippen molar-refractivity contribution in [2.75, 3.05) is 12.4 Å². The Kier molecular flexibility index (Phi) is 5.30. The zero-order valence-corrected chi connectivity index (χ0v) is 12.7. The van der Waals surface area contributed by atoms with Gasteiger partial charge in [0.2, 0.25) is 0 Å². The maximum absolute atomic E-state index is 12.8. The minimum absolute atomic E-state index is 0.174. The summed E-state index contributed by atoms with van der Waals surface area (Å²) in [4.78, 5) is 23.9. The zero-order chi connectivity index (χ0) is 16.8. The normalized spacial score (nSPS) is 11.4. The minimum atomic E-state index is -1.00. The number of amides is 1. The summed E-state index contributed by atoms with van der Waals surface area (Å²) < 4.78 is 22.9. The maximum atomic E-state index is 12.8. The topological polar surface area (TPSA) is 64.6 Å². The lowest BCUT2D eigenvalue weighted by Gasteiger charge is -2.14. The third-order valence-corrected chi connectivity index (χ3v) is 3.07. The van der Waals surface area contributed by atoms with E-state index >= 15 is 0 Å². The second kappa shape index (κ2) is 7.40. The molecular formula is C17H16FNO4. The largest absolute Gasteiger partial charge is 0.497 e. The van der Waals surface area contributed by atoms with Crippen LogP contribution in [0.5, 0.6) is 5.75 Å². The molecule has 0 radical (unpaired) electrons. The van der Waals surface area contributed by atoms with Crippen LogP contribution < -0.4 is 10.1 Å². The third-order valence-electron chi connectivity index (χ3n) is 3.07. The first-order valence-corrected chi connectivity index (χ1v) is 6.91. The molecule has 0 bridgehead atoms. The van der Waals surface area contributed by atoms with Crippen LogP contribution in [0.2, 0.25) is 0 Å². The SMILES string of the molecule is COc1cccc(NC(=O)[C@H](C)OC(=O)c2ccc(F)cc2)c1. The number of benzene rings is 2. The van der Waals surface area contributed by atoms with Gasteiger partial charge in [-0.2, -0.15) is 0 Å². The van der Waals surface area contributed by atoms with Crippen molar-refractivity contribution in [3.05, 3.63) is 59.9 Å². The van der Waals surface area contributed by atoms with Crippen molar-refractivity contribution in [3.8, 4) is 5.75 Å². The molecule has 1 atom stereocenters. The zero-order valence-electron chi connectivity index (χ0n) is 12.7. The second-order valence-corrected chi connectivity index (χ2v) is 4.78. The molecule has 0 saturated carbocycles. The number of nitrogens with one attached hydrogen (secondary N) is 1. The molecular weight excluding hydrogens is 301 g/mol. The molecule has 0 heterocycles.